The fraction of sp³-hybridized carbons (Fsp3) is 0.321. The molecule has 0 N–H and O–H groups in total. The summed E-state index contributed by atoms with van der Waals surface area (Å²) in [5.74, 6) is 0.162. The number of pyridine rings is 2. The van der Waals surface area contributed by atoms with Crippen LogP contribution < -0.4 is 0 Å². The number of nitrogens with zero attached hydrogens (tertiary/aromatic N) is 3. The quantitative estimate of drug-likeness (QED) is 0.405. The number of benzene rings is 1. The summed E-state index contributed by atoms with van der Waals surface area (Å²) in [4.78, 5) is 23.6. The molecular weight excluding hydrogens is 465 g/mol. The van der Waals surface area contributed by atoms with Gasteiger partial charge >= 0.3 is 0 Å². The summed E-state index contributed by atoms with van der Waals surface area (Å²) in [7, 11) is 0. The zero-order chi connectivity index (χ0) is 24.1. The first-order valence-corrected chi connectivity index (χ1v) is 12.7. The molecule has 1 amide bonds. The van der Waals surface area contributed by atoms with Crippen LogP contribution in [-0.2, 0) is 24.1 Å². The summed E-state index contributed by atoms with van der Waals surface area (Å²) in [5, 5.41) is 1.51. The third-order valence-corrected chi connectivity index (χ3v) is 6.98. The van der Waals surface area contributed by atoms with E-state index in [1.54, 1.807) is 18.6 Å². The number of amides is 1. The Balaban J connectivity index is 0.00000133. The highest BCUT2D eigenvalue weighted by Gasteiger charge is 2.27. The zero-order valence-electron chi connectivity index (χ0n) is 19.7. The van der Waals surface area contributed by atoms with Gasteiger partial charge in [0.25, 0.3) is 0 Å². The fourth-order valence-corrected chi connectivity index (χ4v) is 5.18. The average molecular weight is 494 g/mol. The number of fused-ring (bicyclic) bond motifs is 2. The number of rotatable bonds is 2. The molecule has 1 saturated heterocycles. The highest BCUT2D eigenvalue weighted by Crippen LogP contribution is 2.40. The number of hydrogen-bond donors (Lipinski definition) is 0. The molecule has 0 bridgehead atoms. The van der Waals surface area contributed by atoms with Crippen molar-refractivity contribution < 1.29 is 4.79 Å². The number of carbonyl (C=O) groups is 1. The van der Waals surface area contributed by atoms with Gasteiger partial charge in [-0.2, -0.15) is 0 Å². The first kappa shape index (κ1) is 24.4. The number of halogens is 2. The lowest BCUT2D eigenvalue weighted by atomic mass is 9.88. The Morgan fingerprint density at radius 3 is 2.41 bits per heavy atom. The van der Waals surface area contributed by atoms with Crippen molar-refractivity contribution in [1.82, 2.24) is 14.9 Å². The monoisotopic (exact) mass is 493 g/mol. The summed E-state index contributed by atoms with van der Waals surface area (Å²) >= 11 is 12.9. The van der Waals surface area contributed by atoms with Crippen molar-refractivity contribution in [2.75, 3.05) is 13.1 Å². The number of aryl methyl sites for hydroxylation is 1. The Morgan fingerprint density at radius 2 is 1.68 bits per heavy atom. The maximum absolute atomic E-state index is 12.8. The van der Waals surface area contributed by atoms with Crippen molar-refractivity contribution in [2.24, 2.45) is 0 Å². The van der Waals surface area contributed by atoms with Crippen LogP contribution in [0.3, 0.4) is 0 Å². The SMILES string of the molecule is CC.O=C(Cc1ccncc1)N1CCC(=C2c3ccc(Cl)cc3CCc3c(Cl)ccnc32)CC1. The van der Waals surface area contributed by atoms with Gasteiger partial charge < -0.3 is 4.90 Å². The smallest absolute Gasteiger partial charge is 0.227 e. The van der Waals surface area contributed by atoms with Crippen molar-refractivity contribution in [2.45, 2.75) is 46.0 Å². The van der Waals surface area contributed by atoms with Crippen LogP contribution in [0.5, 0.6) is 0 Å². The Bertz CT molecular complexity index is 1200. The van der Waals surface area contributed by atoms with E-state index in [0.717, 1.165) is 52.5 Å². The molecule has 176 valence electrons. The zero-order valence-corrected chi connectivity index (χ0v) is 21.2. The topological polar surface area (TPSA) is 46.1 Å². The summed E-state index contributed by atoms with van der Waals surface area (Å²) in [6, 6.07) is 11.8. The molecule has 0 radical (unpaired) electrons. The molecule has 1 aliphatic carbocycles. The molecule has 0 atom stereocenters. The molecule has 34 heavy (non-hydrogen) atoms. The number of hydrogen-bond acceptors (Lipinski definition) is 3. The molecule has 1 aromatic carbocycles. The van der Waals surface area contributed by atoms with Gasteiger partial charge in [-0.05, 0) is 78.3 Å². The van der Waals surface area contributed by atoms with E-state index in [2.05, 4.69) is 17.1 Å². The second kappa shape index (κ2) is 11.2. The predicted octanol–water partition coefficient (Wildman–Crippen LogP) is 6.58. The van der Waals surface area contributed by atoms with Crippen molar-refractivity contribution >= 4 is 34.7 Å². The summed E-state index contributed by atoms with van der Waals surface area (Å²) in [6.07, 6.45) is 9.02. The molecule has 4 nitrogen and oxygen atoms in total. The van der Waals surface area contributed by atoms with Gasteiger partial charge in [0.15, 0.2) is 0 Å². The fourth-order valence-electron chi connectivity index (χ4n) is 4.74. The minimum absolute atomic E-state index is 0.162. The van der Waals surface area contributed by atoms with E-state index in [1.807, 2.05) is 43.0 Å². The molecule has 0 saturated carbocycles. The molecule has 2 aliphatic rings. The van der Waals surface area contributed by atoms with Crippen LogP contribution in [0, 0.1) is 0 Å². The predicted molar refractivity (Wildman–Crippen MR) is 139 cm³/mol. The summed E-state index contributed by atoms with van der Waals surface area (Å²) < 4.78 is 0. The Hall–Kier alpha value is -2.69. The highest BCUT2D eigenvalue weighted by atomic mass is 35.5. The van der Waals surface area contributed by atoms with Crippen LogP contribution in [0.1, 0.15) is 54.6 Å². The molecule has 0 spiro atoms. The lowest BCUT2D eigenvalue weighted by molar-refractivity contribution is -0.130. The van der Waals surface area contributed by atoms with Crippen LogP contribution >= 0.6 is 23.2 Å². The second-order valence-electron chi connectivity index (χ2n) is 8.31. The maximum Gasteiger partial charge on any atom is 0.227 e. The van der Waals surface area contributed by atoms with E-state index in [0.29, 0.717) is 19.5 Å². The maximum atomic E-state index is 12.8. The molecule has 6 heteroatoms. The number of piperidine rings is 1. The number of aromatic nitrogens is 2. The first-order chi connectivity index (χ1) is 16.6. The van der Waals surface area contributed by atoms with Gasteiger partial charge in [-0.1, -0.05) is 48.7 Å². The molecule has 1 aliphatic heterocycles. The van der Waals surface area contributed by atoms with E-state index in [-0.39, 0.29) is 5.91 Å². The number of carbonyl (C=O) groups excluding carboxylic acids is 1. The normalized spacial score (nSPS) is 15.0. The van der Waals surface area contributed by atoms with Crippen LogP contribution in [0.15, 0.2) is 60.6 Å². The Morgan fingerprint density at radius 1 is 0.941 bits per heavy atom. The second-order valence-corrected chi connectivity index (χ2v) is 9.16. The minimum Gasteiger partial charge on any atom is -0.342 e. The van der Waals surface area contributed by atoms with Crippen molar-refractivity contribution in [3.63, 3.8) is 0 Å². The van der Waals surface area contributed by atoms with Crippen molar-refractivity contribution in [3.05, 3.63) is 98.6 Å². The molecule has 0 unspecified atom stereocenters. The van der Waals surface area contributed by atoms with Gasteiger partial charge in [-0.25, -0.2) is 0 Å². The van der Waals surface area contributed by atoms with E-state index in [4.69, 9.17) is 28.2 Å². The lowest BCUT2D eigenvalue weighted by Gasteiger charge is -2.30. The van der Waals surface area contributed by atoms with Gasteiger partial charge in [0.1, 0.15) is 0 Å². The summed E-state index contributed by atoms with van der Waals surface area (Å²) in [6.45, 7) is 5.42. The first-order valence-electron chi connectivity index (χ1n) is 11.9. The third kappa shape index (κ3) is 5.18. The Labute approximate surface area is 211 Å². The molecule has 3 aromatic rings. The van der Waals surface area contributed by atoms with E-state index in [1.165, 1.54) is 22.3 Å². The largest absolute Gasteiger partial charge is 0.342 e. The van der Waals surface area contributed by atoms with E-state index >= 15 is 0 Å². The van der Waals surface area contributed by atoms with Crippen molar-refractivity contribution in [3.8, 4) is 0 Å². The van der Waals surface area contributed by atoms with Crippen molar-refractivity contribution in [1.29, 1.82) is 0 Å². The molecule has 3 heterocycles. The van der Waals surface area contributed by atoms with Crippen LogP contribution in [0.4, 0.5) is 0 Å². The van der Waals surface area contributed by atoms with Gasteiger partial charge in [0.05, 0.1) is 12.1 Å². The van der Waals surface area contributed by atoms with Crippen LogP contribution in [0.25, 0.3) is 5.57 Å². The van der Waals surface area contributed by atoms with Gasteiger partial charge in [0, 0.05) is 47.3 Å². The highest BCUT2D eigenvalue weighted by molar-refractivity contribution is 6.31. The molecule has 2 aromatic heterocycles. The summed E-state index contributed by atoms with van der Waals surface area (Å²) in [5.41, 5.74) is 7.99. The van der Waals surface area contributed by atoms with Gasteiger partial charge in [-0.15, -0.1) is 0 Å². The van der Waals surface area contributed by atoms with Crippen LogP contribution in [0.2, 0.25) is 10.0 Å². The van der Waals surface area contributed by atoms with Gasteiger partial charge in [-0.3, -0.25) is 14.8 Å². The molecular formula is C28H29Cl2N3O. The number of likely N-dealkylation sites (tertiary alicyclic amines) is 1. The van der Waals surface area contributed by atoms with E-state index in [9.17, 15) is 4.79 Å². The molecule has 1 fully saturated rings. The lowest BCUT2D eigenvalue weighted by Crippen LogP contribution is -2.37. The standard InChI is InChI=1S/C26H23Cl2N3O.C2H6/c27-20-2-4-21-19(16-20)1-3-22-23(28)7-12-30-26(22)25(21)18-8-13-31(14-9-18)24(32)15-17-5-10-29-11-6-17;1-2/h2,4-7,10-12,16H,1,3,8-9,13-15H2;1-2H3. The van der Waals surface area contributed by atoms with Gasteiger partial charge in [0.2, 0.25) is 5.91 Å². The Kier molecular flexibility index (Phi) is 8.02. The third-order valence-electron chi connectivity index (χ3n) is 6.39. The molecule has 5 rings (SSSR count). The minimum atomic E-state index is 0.162. The van der Waals surface area contributed by atoms with Crippen LogP contribution in [-0.4, -0.2) is 33.9 Å². The average Bonchev–Trinajstić information content (AvgIpc) is 3.03. The van der Waals surface area contributed by atoms with E-state index < -0.39 is 0 Å².